The fourth-order valence-corrected chi connectivity index (χ4v) is 6.91. The van der Waals surface area contributed by atoms with Gasteiger partial charge < -0.3 is 25.5 Å². The molecule has 2 aromatic carbocycles. The summed E-state index contributed by atoms with van der Waals surface area (Å²) in [5, 5.41) is 15.3. The van der Waals surface area contributed by atoms with E-state index in [0.29, 0.717) is 47.4 Å². The summed E-state index contributed by atoms with van der Waals surface area (Å²) in [6, 6.07) is 10.1. The van der Waals surface area contributed by atoms with Crippen molar-refractivity contribution in [1.29, 1.82) is 0 Å². The largest absolute Gasteiger partial charge is 0.458 e. The average molecular weight is 583 g/mol. The van der Waals surface area contributed by atoms with Crippen LogP contribution in [-0.4, -0.2) is 26.5 Å². The minimum absolute atomic E-state index is 0.0311. The zero-order valence-electron chi connectivity index (χ0n) is 23.9. The van der Waals surface area contributed by atoms with Gasteiger partial charge in [0, 0.05) is 34.7 Å². The lowest BCUT2D eigenvalue weighted by atomic mass is 9.81. The zero-order chi connectivity index (χ0) is 30.2. The van der Waals surface area contributed by atoms with Crippen LogP contribution in [-0.2, 0) is 45.9 Å². The van der Waals surface area contributed by atoms with Gasteiger partial charge in [0.05, 0.1) is 35.1 Å². The Hall–Kier alpha value is -4.57. The fourth-order valence-electron chi connectivity index (χ4n) is 6.91. The summed E-state index contributed by atoms with van der Waals surface area (Å²) >= 11 is 0. The number of aliphatic hydroxyl groups is 1. The molecule has 1 aliphatic carbocycles. The Kier molecular flexibility index (Phi) is 6.18. The van der Waals surface area contributed by atoms with Gasteiger partial charge in [0.15, 0.2) is 5.60 Å². The number of pyridine rings is 2. The number of fused-ring (bicyclic) bond motifs is 5. The molecular weight excluding hydrogens is 551 g/mol. The van der Waals surface area contributed by atoms with Gasteiger partial charge in [-0.3, -0.25) is 9.59 Å². The van der Waals surface area contributed by atoms with Crippen molar-refractivity contribution in [2.45, 2.75) is 70.7 Å². The smallest absolute Gasteiger partial charge is 0.343 e. The number of nitrogens with zero attached hydrogens (tertiary/aromatic N) is 2. The molecule has 4 aromatic rings. The molecular formula is C33H31FN4O5. The summed E-state index contributed by atoms with van der Waals surface area (Å²) in [6.45, 7) is 3.37. The first kappa shape index (κ1) is 27.3. The number of esters is 1. The molecule has 3 aliphatic rings. The number of aromatic nitrogens is 2. The Bertz CT molecular complexity index is 1930. The van der Waals surface area contributed by atoms with Crippen LogP contribution in [0.15, 0.2) is 41.2 Å². The number of carbonyl (C=O) groups excluding carboxylic acids is 2. The molecule has 10 heteroatoms. The van der Waals surface area contributed by atoms with Crippen molar-refractivity contribution in [1.82, 2.24) is 14.9 Å². The summed E-state index contributed by atoms with van der Waals surface area (Å²) in [5.41, 5.74) is 9.97. The van der Waals surface area contributed by atoms with E-state index in [-0.39, 0.29) is 60.4 Å². The molecule has 0 radical (unpaired) electrons. The van der Waals surface area contributed by atoms with Crippen LogP contribution in [0.3, 0.4) is 0 Å². The molecule has 7 rings (SSSR count). The molecule has 0 fully saturated rings. The molecule has 0 spiro atoms. The van der Waals surface area contributed by atoms with Crippen LogP contribution >= 0.6 is 0 Å². The van der Waals surface area contributed by atoms with Crippen molar-refractivity contribution in [2.75, 3.05) is 5.73 Å². The summed E-state index contributed by atoms with van der Waals surface area (Å²) < 4.78 is 21.9. The van der Waals surface area contributed by atoms with Gasteiger partial charge in [-0.05, 0) is 73.1 Å². The van der Waals surface area contributed by atoms with Crippen LogP contribution in [0, 0.1) is 12.7 Å². The zero-order valence-corrected chi connectivity index (χ0v) is 23.9. The number of aryl methyl sites for hydroxylation is 2. The SMILES string of the molecule is CC[C@@]1(O)C(=O)OCc2c1cc1n(c2=O)Cc2c-1nc1cc(F)c(C)c3c1c2[C@@H](NC(=O)CCc1ccc(N)cc1)CC3. The van der Waals surface area contributed by atoms with E-state index in [1.807, 2.05) is 24.3 Å². The molecule has 43 heavy (non-hydrogen) atoms. The van der Waals surface area contributed by atoms with E-state index in [2.05, 4.69) is 5.32 Å². The van der Waals surface area contributed by atoms with Crippen LogP contribution in [0.5, 0.6) is 0 Å². The Morgan fingerprint density at radius 1 is 1.21 bits per heavy atom. The highest BCUT2D eigenvalue weighted by molar-refractivity contribution is 5.94. The number of ether oxygens (including phenoxy) is 1. The number of halogens is 1. The van der Waals surface area contributed by atoms with Gasteiger partial charge in [0.1, 0.15) is 12.4 Å². The third kappa shape index (κ3) is 4.07. The van der Waals surface area contributed by atoms with E-state index in [1.165, 1.54) is 6.07 Å². The van der Waals surface area contributed by atoms with Crippen molar-refractivity contribution >= 4 is 28.5 Å². The van der Waals surface area contributed by atoms with Gasteiger partial charge in [0.25, 0.3) is 5.56 Å². The minimum Gasteiger partial charge on any atom is -0.458 e. The van der Waals surface area contributed by atoms with Crippen molar-refractivity contribution in [3.63, 3.8) is 0 Å². The number of benzene rings is 2. The molecule has 9 nitrogen and oxygen atoms in total. The number of hydrogen-bond donors (Lipinski definition) is 3. The van der Waals surface area contributed by atoms with Crippen LogP contribution < -0.4 is 16.6 Å². The van der Waals surface area contributed by atoms with E-state index < -0.39 is 11.6 Å². The summed E-state index contributed by atoms with van der Waals surface area (Å²) in [5.74, 6) is -1.28. The highest BCUT2D eigenvalue weighted by Crippen LogP contribution is 2.46. The first-order chi connectivity index (χ1) is 20.6. The van der Waals surface area contributed by atoms with Crippen LogP contribution in [0.2, 0.25) is 0 Å². The van der Waals surface area contributed by atoms with Crippen molar-refractivity contribution in [3.8, 4) is 11.4 Å². The Balaban J connectivity index is 1.35. The number of amides is 1. The Morgan fingerprint density at radius 3 is 2.72 bits per heavy atom. The van der Waals surface area contributed by atoms with Gasteiger partial charge in [0.2, 0.25) is 5.91 Å². The normalized spacial score (nSPS) is 19.9. The van der Waals surface area contributed by atoms with Crippen molar-refractivity contribution in [3.05, 3.63) is 91.5 Å². The lowest BCUT2D eigenvalue weighted by Gasteiger charge is -2.31. The molecule has 1 amide bonds. The van der Waals surface area contributed by atoms with Gasteiger partial charge in [-0.25, -0.2) is 14.2 Å². The maximum Gasteiger partial charge on any atom is 0.343 e. The Labute approximate surface area is 246 Å². The molecule has 4 N–H and O–H groups in total. The monoisotopic (exact) mass is 582 g/mol. The van der Waals surface area contributed by atoms with E-state index in [0.717, 1.165) is 27.6 Å². The summed E-state index contributed by atoms with van der Waals surface area (Å²) in [7, 11) is 0. The highest BCUT2D eigenvalue weighted by atomic mass is 19.1. The van der Waals surface area contributed by atoms with Crippen molar-refractivity contribution < 1.29 is 23.8 Å². The summed E-state index contributed by atoms with van der Waals surface area (Å²) in [4.78, 5) is 44.4. The molecule has 4 heterocycles. The van der Waals surface area contributed by atoms with Gasteiger partial charge in [-0.15, -0.1) is 0 Å². The van der Waals surface area contributed by atoms with Gasteiger partial charge in [-0.1, -0.05) is 19.1 Å². The van der Waals surface area contributed by atoms with E-state index in [1.54, 1.807) is 24.5 Å². The number of nitrogens with one attached hydrogen (secondary N) is 1. The maximum absolute atomic E-state index is 15.1. The third-order valence-corrected chi connectivity index (χ3v) is 9.33. The number of carbonyl (C=O) groups is 2. The average Bonchev–Trinajstić information content (AvgIpc) is 3.37. The third-order valence-electron chi connectivity index (χ3n) is 9.33. The maximum atomic E-state index is 15.1. The van der Waals surface area contributed by atoms with Crippen molar-refractivity contribution in [2.24, 2.45) is 0 Å². The number of nitrogen functional groups attached to an aromatic ring is 1. The number of anilines is 1. The molecule has 0 saturated carbocycles. The first-order valence-corrected chi connectivity index (χ1v) is 14.6. The highest BCUT2D eigenvalue weighted by Gasteiger charge is 2.46. The van der Waals surface area contributed by atoms with E-state index in [4.69, 9.17) is 15.5 Å². The standard InChI is InChI=1S/C33H31FN4O5/c1-3-33(42)22-12-26-30-20(14-38(26)31(40)21(22)15-43-32(33)41)29-24(36-27(39)11-6-17-4-7-18(35)8-5-17)10-9-19-16(2)23(34)13-25(37-30)28(19)29/h4-5,7-8,12-13,24,42H,3,6,9-11,14-15,35H2,1-2H3,(H,36,39)/t24-,33-/m0/s1. The fraction of sp³-hybridized carbons (Fsp3) is 0.333. The topological polar surface area (TPSA) is 137 Å². The van der Waals surface area contributed by atoms with Crippen LogP contribution in [0.25, 0.3) is 22.3 Å². The number of nitrogens with two attached hydrogens (primary N) is 1. The second-order valence-electron chi connectivity index (χ2n) is 11.7. The van der Waals surface area contributed by atoms with Crippen LogP contribution in [0.4, 0.5) is 10.1 Å². The van der Waals surface area contributed by atoms with Gasteiger partial charge >= 0.3 is 5.97 Å². The molecule has 0 bridgehead atoms. The molecule has 0 unspecified atom stereocenters. The van der Waals surface area contributed by atoms with E-state index in [9.17, 15) is 19.5 Å². The molecule has 2 aliphatic heterocycles. The molecule has 0 saturated heterocycles. The van der Waals surface area contributed by atoms with E-state index >= 15 is 4.39 Å². The molecule has 220 valence electrons. The first-order valence-electron chi connectivity index (χ1n) is 14.6. The number of hydrogen-bond acceptors (Lipinski definition) is 7. The minimum atomic E-state index is -1.95. The quantitative estimate of drug-likeness (QED) is 0.212. The molecule has 2 atom stereocenters. The second-order valence-corrected chi connectivity index (χ2v) is 11.7. The lowest BCUT2D eigenvalue weighted by Crippen LogP contribution is -2.44. The Morgan fingerprint density at radius 2 is 1.98 bits per heavy atom. The second kappa shape index (κ2) is 9.74. The molecule has 2 aromatic heterocycles. The van der Waals surface area contributed by atoms with Gasteiger partial charge in [-0.2, -0.15) is 0 Å². The summed E-state index contributed by atoms with van der Waals surface area (Å²) in [6.07, 6.45) is 2.00. The lowest BCUT2D eigenvalue weighted by molar-refractivity contribution is -0.172. The predicted molar refractivity (Wildman–Crippen MR) is 158 cm³/mol. The number of cyclic esters (lactones) is 1. The predicted octanol–water partition coefficient (Wildman–Crippen LogP) is 3.85. The number of rotatable bonds is 5. The van der Waals surface area contributed by atoms with Crippen LogP contribution in [0.1, 0.15) is 71.2 Å².